The molecule has 15 heavy (non-hydrogen) atoms. The van der Waals surface area contributed by atoms with Crippen molar-refractivity contribution >= 4 is 17.5 Å². The van der Waals surface area contributed by atoms with Crippen LogP contribution < -0.4 is 0 Å². The Balaban J connectivity index is 2.45. The van der Waals surface area contributed by atoms with Crippen LogP contribution in [0.3, 0.4) is 0 Å². The summed E-state index contributed by atoms with van der Waals surface area (Å²) in [5.74, 6) is 1.11. The maximum Gasteiger partial charge on any atom is 0.226 e. The second-order valence-electron chi connectivity index (χ2n) is 5.11. The van der Waals surface area contributed by atoms with Crippen LogP contribution in [0.5, 0.6) is 0 Å². The van der Waals surface area contributed by atoms with Crippen molar-refractivity contribution in [2.24, 2.45) is 11.3 Å². The van der Waals surface area contributed by atoms with Crippen molar-refractivity contribution in [3.05, 3.63) is 0 Å². The molecular formula is C12H22ClNO. The Morgan fingerprint density at radius 1 is 1.47 bits per heavy atom. The van der Waals surface area contributed by atoms with Gasteiger partial charge in [-0.3, -0.25) is 4.79 Å². The van der Waals surface area contributed by atoms with E-state index in [0.29, 0.717) is 18.3 Å². The number of unbranched alkanes of at least 4 members (excludes halogenated alkanes) is 1. The number of carbonyl (C=O) groups is 1. The fourth-order valence-corrected chi connectivity index (χ4v) is 2.10. The number of alkyl halides is 1. The Bertz CT molecular complexity index is 228. The summed E-state index contributed by atoms with van der Waals surface area (Å²) in [6.45, 7) is 8.04. The van der Waals surface area contributed by atoms with E-state index in [-0.39, 0.29) is 11.3 Å². The van der Waals surface area contributed by atoms with Gasteiger partial charge in [0, 0.05) is 24.9 Å². The molecule has 2 nitrogen and oxygen atoms in total. The zero-order chi connectivity index (χ0) is 11.5. The summed E-state index contributed by atoms with van der Waals surface area (Å²) in [5, 5.41) is 0. The SMILES string of the molecule is CCCCN(CCCl)C(=O)C1CC1(C)C. The Kier molecular flexibility index (Phi) is 4.45. The number of amides is 1. The van der Waals surface area contributed by atoms with Gasteiger partial charge in [0.15, 0.2) is 0 Å². The second kappa shape index (κ2) is 5.20. The molecule has 0 radical (unpaired) electrons. The first-order chi connectivity index (χ1) is 7.03. The third-order valence-electron chi connectivity index (χ3n) is 3.26. The molecule has 1 atom stereocenters. The maximum atomic E-state index is 12.1. The first-order valence-electron chi connectivity index (χ1n) is 5.87. The first kappa shape index (κ1) is 12.8. The highest BCUT2D eigenvalue weighted by Gasteiger charge is 2.51. The van der Waals surface area contributed by atoms with E-state index >= 15 is 0 Å². The molecule has 0 spiro atoms. The van der Waals surface area contributed by atoms with Crippen molar-refractivity contribution < 1.29 is 4.79 Å². The van der Waals surface area contributed by atoms with Crippen LogP contribution in [0.2, 0.25) is 0 Å². The lowest BCUT2D eigenvalue weighted by molar-refractivity contribution is -0.133. The molecular weight excluding hydrogens is 210 g/mol. The Morgan fingerprint density at radius 2 is 2.07 bits per heavy atom. The van der Waals surface area contributed by atoms with Crippen LogP contribution in [0.25, 0.3) is 0 Å². The average molecular weight is 232 g/mol. The predicted molar refractivity (Wildman–Crippen MR) is 64.1 cm³/mol. The fraction of sp³-hybridized carbons (Fsp3) is 0.917. The molecule has 0 aromatic carbocycles. The van der Waals surface area contributed by atoms with E-state index in [1.165, 1.54) is 0 Å². The summed E-state index contributed by atoms with van der Waals surface area (Å²) in [5.41, 5.74) is 0.230. The third-order valence-corrected chi connectivity index (χ3v) is 3.43. The third kappa shape index (κ3) is 3.37. The standard InChI is InChI=1S/C12H22ClNO/c1-4-5-7-14(8-6-13)11(15)10-9-12(10,2)3/h10H,4-9H2,1-3H3. The number of hydrogen-bond acceptors (Lipinski definition) is 1. The molecule has 0 aliphatic heterocycles. The van der Waals surface area contributed by atoms with Crippen LogP contribution in [-0.4, -0.2) is 29.8 Å². The Labute approximate surface area is 98.0 Å². The van der Waals surface area contributed by atoms with Crippen molar-refractivity contribution in [3.63, 3.8) is 0 Å². The first-order valence-corrected chi connectivity index (χ1v) is 6.41. The summed E-state index contributed by atoms with van der Waals surface area (Å²) in [6.07, 6.45) is 3.24. The molecule has 1 saturated carbocycles. The lowest BCUT2D eigenvalue weighted by Gasteiger charge is -2.22. The number of rotatable bonds is 6. The molecule has 1 fully saturated rings. The quantitative estimate of drug-likeness (QED) is 0.644. The van der Waals surface area contributed by atoms with Crippen molar-refractivity contribution in [3.8, 4) is 0 Å². The summed E-state index contributed by atoms with van der Waals surface area (Å²) in [7, 11) is 0. The van der Waals surface area contributed by atoms with E-state index in [0.717, 1.165) is 25.8 Å². The summed E-state index contributed by atoms with van der Waals surface area (Å²) < 4.78 is 0. The molecule has 1 rings (SSSR count). The van der Waals surface area contributed by atoms with Crippen molar-refractivity contribution in [2.75, 3.05) is 19.0 Å². The molecule has 88 valence electrons. The van der Waals surface area contributed by atoms with E-state index < -0.39 is 0 Å². The van der Waals surface area contributed by atoms with Gasteiger partial charge in [0.05, 0.1) is 0 Å². The number of nitrogens with zero attached hydrogens (tertiary/aromatic N) is 1. The highest BCUT2D eigenvalue weighted by atomic mass is 35.5. The molecule has 0 N–H and O–H groups in total. The largest absolute Gasteiger partial charge is 0.341 e. The molecule has 1 aliphatic carbocycles. The lowest BCUT2D eigenvalue weighted by Crippen LogP contribution is -2.35. The monoisotopic (exact) mass is 231 g/mol. The normalized spacial score (nSPS) is 22.5. The predicted octanol–water partition coefficient (Wildman–Crippen LogP) is 2.90. The Hall–Kier alpha value is -0.240. The van der Waals surface area contributed by atoms with Gasteiger partial charge in [-0.15, -0.1) is 11.6 Å². The molecule has 0 bridgehead atoms. The molecule has 1 unspecified atom stereocenters. The second-order valence-corrected chi connectivity index (χ2v) is 5.49. The van der Waals surface area contributed by atoms with Crippen molar-refractivity contribution in [1.82, 2.24) is 4.90 Å². The molecule has 1 aliphatic rings. The van der Waals surface area contributed by atoms with Crippen LogP contribution in [0.1, 0.15) is 40.0 Å². The van der Waals surface area contributed by atoms with Crippen LogP contribution in [0.4, 0.5) is 0 Å². The van der Waals surface area contributed by atoms with Gasteiger partial charge in [-0.1, -0.05) is 27.2 Å². The number of carbonyl (C=O) groups excluding carboxylic acids is 1. The molecule has 1 amide bonds. The summed E-state index contributed by atoms with van der Waals surface area (Å²) in [4.78, 5) is 14.0. The van der Waals surface area contributed by atoms with Crippen molar-refractivity contribution in [2.45, 2.75) is 40.0 Å². The minimum absolute atomic E-state index is 0.230. The van der Waals surface area contributed by atoms with Crippen LogP contribution in [0, 0.1) is 11.3 Å². The van der Waals surface area contributed by atoms with Gasteiger partial charge in [0.25, 0.3) is 0 Å². The van der Waals surface area contributed by atoms with Gasteiger partial charge < -0.3 is 4.90 Å². The molecule has 0 heterocycles. The van der Waals surface area contributed by atoms with Gasteiger partial charge in [-0.2, -0.15) is 0 Å². The fourth-order valence-electron chi connectivity index (χ4n) is 1.89. The van der Waals surface area contributed by atoms with E-state index in [1.807, 2.05) is 4.90 Å². The molecule has 0 aromatic rings. The van der Waals surface area contributed by atoms with E-state index in [4.69, 9.17) is 11.6 Å². The zero-order valence-electron chi connectivity index (χ0n) is 10.1. The minimum atomic E-state index is 0.230. The van der Waals surface area contributed by atoms with E-state index in [2.05, 4.69) is 20.8 Å². The van der Waals surface area contributed by atoms with Gasteiger partial charge in [-0.25, -0.2) is 0 Å². The van der Waals surface area contributed by atoms with E-state index in [9.17, 15) is 4.79 Å². The number of halogens is 1. The molecule has 3 heteroatoms. The summed E-state index contributed by atoms with van der Waals surface area (Å²) in [6, 6.07) is 0. The average Bonchev–Trinajstić information content (AvgIpc) is 2.81. The zero-order valence-corrected chi connectivity index (χ0v) is 10.8. The van der Waals surface area contributed by atoms with Crippen molar-refractivity contribution in [1.29, 1.82) is 0 Å². The van der Waals surface area contributed by atoms with Crippen LogP contribution in [0.15, 0.2) is 0 Å². The van der Waals surface area contributed by atoms with Gasteiger partial charge in [0.1, 0.15) is 0 Å². The van der Waals surface area contributed by atoms with Gasteiger partial charge >= 0.3 is 0 Å². The highest BCUT2D eigenvalue weighted by Crippen LogP contribution is 2.52. The van der Waals surface area contributed by atoms with Gasteiger partial charge in [-0.05, 0) is 18.3 Å². The summed E-state index contributed by atoms with van der Waals surface area (Å²) >= 11 is 5.72. The molecule has 0 aromatic heterocycles. The van der Waals surface area contributed by atoms with E-state index in [1.54, 1.807) is 0 Å². The van der Waals surface area contributed by atoms with Crippen LogP contribution >= 0.6 is 11.6 Å². The molecule has 0 saturated heterocycles. The maximum absolute atomic E-state index is 12.1. The lowest BCUT2D eigenvalue weighted by atomic mass is 10.1. The smallest absolute Gasteiger partial charge is 0.226 e. The minimum Gasteiger partial charge on any atom is -0.341 e. The highest BCUT2D eigenvalue weighted by molar-refractivity contribution is 6.18. The topological polar surface area (TPSA) is 20.3 Å². The Morgan fingerprint density at radius 3 is 2.47 bits per heavy atom. The number of hydrogen-bond donors (Lipinski definition) is 0. The van der Waals surface area contributed by atoms with Gasteiger partial charge in [0.2, 0.25) is 5.91 Å². The van der Waals surface area contributed by atoms with Crippen LogP contribution in [-0.2, 0) is 4.79 Å².